The number of hydrogen-bond donors (Lipinski definition) is 3. The van der Waals surface area contributed by atoms with Crippen LogP contribution in [0.2, 0.25) is 0 Å². The minimum absolute atomic E-state index is 0.0672. The maximum absolute atomic E-state index is 11.2. The van der Waals surface area contributed by atoms with Crippen LogP contribution in [0.25, 0.3) is 0 Å². The molecular formula is C15H22N2O3. The highest BCUT2D eigenvalue weighted by molar-refractivity contribution is 5.70. The largest absolute Gasteiger partial charge is 0.481 e. The highest BCUT2D eigenvalue weighted by Gasteiger charge is 2.30. The third kappa shape index (κ3) is 4.30. The number of aliphatic hydroxyl groups is 1. The molecule has 3 N–H and O–H groups in total. The molecular weight excluding hydrogens is 256 g/mol. The summed E-state index contributed by atoms with van der Waals surface area (Å²) in [6.45, 7) is 2.66. The van der Waals surface area contributed by atoms with Crippen LogP contribution in [-0.2, 0) is 11.3 Å². The van der Waals surface area contributed by atoms with Crippen molar-refractivity contribution in [3.05, 3.63) is 35.9 Å². The molecule has 0 radical (unpaired) electrons. The van der Waals surface area contributed by atoms with Gasteiger partial charge in [0.15, 0.2) is 0 Å². The number of rotatable bonds is 6. The van der Waals surface area contributed by atoms with Gasteiger partial charge in [0, 0.05) is 32.2 Å². The molecule has 1 aliphatic heterocycles. The molecule has 1 fully saturated rings. The SMILES string of the molecule is O=C(O)C1CC(NCc2ccccc2)CN(CCO)C1. The molecule has 110 valence electrons. The lowest BCUT2D eigenvalue weighted by Gasteiger charge is -2.36. The monoisotopic (exact) mass is 278 g/mol. The zero-order chi connectivity index (χ0) is 14.4. The summed E-state index contributed by atoms with van der Waals surface area (Å²) in [7, 11) is 0. The lowest BCUT2D eigenvalue weighted by Crippen LogP contribution is -2.51. The predicted octanol–water partition coefficient (Wildman–Crippen LogP) is 0.544. The van der Waals surface area contributed by atoms with Gasteiger partial charge in [0.1, 0.15) is 0 Å². The number of likely N-dealkylation sites (tertiary alicyclic amines) is 1. The van der Waals surface area contributed by atoms with Crippen LogP contribution in [0.1, 0.15) is 12.0 Å². The van der Waals surface area contributed by atoms with Crippen molar-refractivity contribution in [1.82, 2.24) is 10.2 Å². The number of β-amino-alcohol motifs (C(OH)–C–C–N with tert-alkyl or cyclic N) is 1. The highest BCUT2D eigenvalue weighted by atomic mass is 16.4. The summed E-state index contributed by atoms with van der Waals surface area (Å²) >= 11 is 0. The van der Waals surface area contributed by atoms with E-state index in [1.54, 1.807) is 0 Å². The fraction of sp³-hybridized carbons (Fsp3) is 0.533. The lowest BCUT2D eigenvalue weighted by molar-refractivity contribution is -0.144. The van der Waals surface area contributed by atoms with Gasteiger partial charge in [-0.15, -0.1) is 0 Å². The van der Waals surface area contributed by atoms with Gasteiger partial charge in [-0.1, -0.05) is 30.3 Å². The number of carbonyl (C=O) groups is 1. The van der Waals surface area contributed by atoms with E-state index in [2.05, 4.69) is 17.4 Å². The fourth-order valence-corrected chi connectivity index (χ4v) is 2.70. The topological polar surface area (TPSA) is 72.8 Å². The molecule has 1 aliphatic rings. The van der Waals surface area contributed by atoms with Crippen LogP contribution >= 0.6 is 0 Å². The number of aliphatic hydroxyl groups excluding tert-OH is 1. The summed E-state index contributed by atoms with van der Waals surface area (Å²) < 4.78 is 0. The summed E-state index contributed by atoms with van der Waals surface area (Å²) in [6.07, 6.45) is 0.643. The number of piperidine rings is 1. The van der Waals surface area contributed by atoms with E-state index in [1.165, 1.54) is 5.56 Å². The molecule has 0 amide bonds. The van der Waals surface area contributed by atoms with Gasteiger partial charge >= 0.3 is 5.97 Å². The zero-order valence-corrected chi connectivity index (χ0v) is 11.5. The van der Waals surface area contributed by atoms with Crippen molar-refractivity contribution in [3.8, 4) is 0 Å². The van der Waals surface area contributed by atoms with Crippen molar-refractivity contribution in [2.45, 2.75) is 19.0 Å². The Bertz CT molecular complexity index is 424. The lowest BCUT2D eigenvalue weighted by atomic mass is 9.94. The molecule has 0 spiro atoms. The third-order valence-corrected chi connectivity index (χ3v) is 3.73. The molecule has 0 bridgehead atoms. The number of nitrogens with zero attached hydrogens (tertiary/aromatic N) is 1. The van der Waals surface area contributed by atoms with E-state index >= 15 is 0 Å². The molecule has 20 heavy (non-hydrogen) atoms. The van der Waals surface area contributed by atoms with Crippen LogP contribution in [0, 0.1) is 5.92 Å². The predicted molar refractivity (Wildman–Crippen MR) is 76.3 cm³/mol. The molecule has 0 aliphatic carbocycles. The summed E-state index contributed by atoms with van der Waals surface area (Å²) in [5.41, 5.74) is 1.19. The molecule has 2 unspecified atom stereocenters. The second kappa shape index (κ2) is 7.38. The Labute approximate surface area is 119 Å². The number of carboxylic acid groups (broad SMARTS) is 1. The fourth-order valence-electron chi connectivity index (χ4n) is 2.70. The van der Waals surface area contributed by atoms with Crippen molar-refractivity contribution < 1.29 is 15.0 Å². The second-order valence-electron chi connectivity index (χ2n) is 5.32. The van der Waals surface area contributed by atoms with Crippen LogP contribution in [0.3, 0.4) is 0 Å². The van der Waals surface area contributed by atoms with Gasteiger partial charge in [-0.3, -0.25) is 9.69 Å². The summed E-state index contributed by atoms with van der Waals surface area (Å²) in [6, 6.07) is 10.2. The van der Waals surface area contributed by atoms with E-state index in [1.807, 2.05) is 23.1 Å². The minimum Gasteiger partial charge on any atom is -0.481 e. The maximum atomic E-state index is 11.2. The van der Waals surface area contributed by atoms with E-state index in [0.29, 0.717) is 19.5 Å². The Kier molecular flexibility index (Phi) is 5.52. The first kappa shape index (κ1) is 15.0. The Morgan fingerprint density at radius 2 is 2.05 bits per heavy atom. The third-order valence-electron chi connectivity index (χ3n) is 3.73. The summed E-state index contributed by atoms with van der Waals surface area (Å²) in [4.78, 5) is 13.2. The van der Waals surface area contributed by atoms with Gasteiger partial charge < -0.3 is 15.5 Å². The van der Waals surface area contributed by atoms with E-state index < -0.39 is 5.97 Å². The molecule has 2 atom stereocenters. The average molecular weight is 278 g/mol. The number of hydrogen-bond acceptors (Lipinski definition) is 4. The van der Waals surface area contributed by atoms with Gasteiger partial charge in [-0.05, 0) is 12.0 Å². The Morgan fingerprint density at radius 3 is 2.70 bits per heavy atom. The highest BCUT2D eigenvalue weighted by Crippen LogP contribution is 2.17. The Hall–Kier alpha value is -1.43. The molecule has 1 heterocycles. The molecule has 0 aromatic heterocycles. The van der Waals surface area contributed by atoms with Crippen molar-refractivity contribution >= 4 is 5.97 Å². The zero-order valence-electron chi connectivity index (χ0n) is 11.5. The first-order valence-corrected chi connectivity index (χ1v) is 7.02. The standard InChI is InChI=1S/C15H22N2O3/c18-7-6-17-10-13(15(19)20)8-14(11-17)16-9-12-4-2-1-3-5-12/h1-5,13-14,16,18H,6-11H2,(H,19,20). The van der Waals surface area contributed by atoms with Crippen molar-refractivity contribution in [1.29, 1.82) is 0 Å². The maximum Gasteiger partial charge on any atom is 0.307 e. The number of benzene rings is 1. The Morgan fingerprint density at radius 1 is 1.30 bits per heavy atom. The first-order valence-electron chi connectivity index (χ1n) is 7.02. The second-order valence-corrected chi connectivity index (χ2v) is 5.32. The molecule has 0 saturated carbocycles. The molecule has 1 aromatic carbocycles. The Balaban J connectivity index is 1.90. The smallest absolute Gasteiger partial charge is 0.307 e. The van der Waals surface area contributed by atoms with Gasteiger partial charge in [-0.25, -0.2) is 0 Å². The van der Waals surface area contributed by atoms with Crippen LogP contribution in [0.15, 0.2) is 30.3 Å². The van der Waals surface area contributed by atoms with Gasteiger partial charge in [0.25, 0.3) is 0 Å². The molecule has 5 heteroatoms. The van der Waals surface area contributed by atoms with E-state index in [-0.39, 0.29) is 18.6 Å². The quantitative estimate of drug-likeness (QED) is 0.708. The molecule has 1 aromatic rings. The van der Waals surface area contributed by atoms with Gasteiger partial charge in [0.05, 0.1) is 12.5 Å². The van der Waals surface area contributed by atoms with Gasteiger partial charge in [-0.2, -0.15) is 0 Å². The molecule has 5 nitrogen and oxygen atoms in total. The van der Waals surface area contributed by atoms with E-state index in [4.69, 9.17) is 5.11 Å². The van der Waals surface area contributed by atoms with Crippen LogP contribution in [-0.4, -0.2) is 53.4 Å². The van der Waals surface area contributed by atoms with E-state index in [9.17, 15) is 9.90 Å². The van der Waals surface area contributed by atoms with Crippen molar-refractivity contribution in [2.75, 3.05) is 26.2 Å². The van der Waals surface area contributed by atoms with Crippen molar-refractivity contribution in [2.24, 2.45) is 5.92 Å². The van der Waals surface area contributed by atoms with Crippen molar-refractivity contribution in [3.63, 3.8) is 0 Å². The van der Waals surface area contributed by atoms with Crippen LogP contribution in [0.4, 0.5) is 0 Å². The number of carboxylic acids is 1. The molecule has 1 saturated heterocycles. The van der Waals surface area contributed by atoms with E-state index in [0.717, 1.165) is 13.1 Å². The minimum atomic E-state index is -0.751. The average Bonchev–Trinajstić information content (AvgIpc) is 2.46. The first-order chi connectivity index (χ1) is 9.69. The van der Waals surface area contributed by atoms with Gasteiger partial charge in [0.2, 0.25) is 0 Å². The summed E-state index contributed by atoms with van der Waals surface area (Å²) in [5, 5.41) is 21.7. The number of aliphatic carboxylic acids is 1. The summed E-state index contributed by atoms with van der Waals surface area (Å²) in [5.74, 6) is -1.11. The molecule has 2 rings (SSSR count). The number of nitrogens with one attached hydrogen (secondary N) is 1. The normalized spacial score (nSPS) is 23.6. The van der Waals surface area contributed by atoms with Crippen LogP contribution < -0.4 is 5.32 Å². The van der Waals surface area contributed by atoms with Crippen LogP contribution in [0.5, 0.6) is 0 Å².